The van der Waals surface area contributed by atoms with Gasteiger partial charge in [0.2, 0.25) is 0 Å². The molecule has 0 saturated heterocycles. The monoisotopic (exact) mass is 186 g/mol. The van der Waals surface area contributed by atoms with Crippen molar-refractivity contribution in [2.24, 2.45) is 0 Å². The van der Waals surface area contributed by atoms with Gasteiger partial charge in [-0.15, -0.1) is 0 Å². The second-order valence-electron chi connectivity index (χ2n) is 3.79. The minimum Gasteiger partial charge on any atom is -0.485 e. The summed E-state index contributed by atoms with van der Waals surface area (Å²) < 4.78 is 30.7. The van der Waals surface area contributed by atoms with Crippen molar-refractivity contribution in [2.75, 3.05) is 0 Å². The first-order chi connectivity index (χ1) is 5.88. The Morgan fingerprint density at radius 1 is 1.15 bits per heavy atom. The summed E-state index contributed by atoms with van der Waals surface area (Å²) in [5, 5.41) is 0. The number of hydrogen-bond acceptors (Lipinski definition) is 1. The van der Waals surface area contributed by atoms with Crippen molar-refractivity contribution in [2.45, 2.75) is 26.4 Å². The Kier molecular flexibility index (Phi) is 2.55. The highest BCUT2D eigenvalue weighted by Gasteiger charge is 2.14. The molecule has 0 bridgehead atoms. The van der Waals surface area contributed by atoms with Crippen LogP contribution in [0.3, 0.4) is 0 Å². The molecule has 0 atom stereocenters. The highest BCUT2D eigenvalue weighted by molar-refractivity contribution is 5.25. The van der Waals surface area contributed by atoms with E-state index in [9.17, 15) is 8.78 Å². The van der Waals surface area contributed by atoms with E-state index in [1.54, 1.807) is 20.8 Å². The smallest absolute Gasteiger partial charge is 0.168 e. The number of halogens is 2. The van der Waals surface area contributed by atoms with Crippen LogP contribution in [0.15, 0.2) is 18.2 Å². The van der Waals surface area contributed by atoms with Gasteiger partial charge in [0.15, 0.2) is 11.6 Å². The van der Waals surface area contributed by atoms with Crippen LogP contribution in [-0.2, 0) is 0 Å². The molecule has 13 heavy (non-hydrogen) atoms. The number of rotatable bonds is 1. The van der Waals surface area contributed by atoms with Crippen molar-refractivity contribution in [3.8, 4) is 5.75 Å². The van der Waals surface area contributed by atoms with Crippen molar-refractivity contribution in [1.29, 1.82) is 0 Å². The van der Waals surface area contributed by atoms with Gasteiger partial charge in [-0.25, -0.2) is 8.78 Å². The Hall–Kier alpha value is -1.12. The molecule has 0 unspecified atom stereocenters. The van der Waals surface area contributed by atoms with Gasteiger partial charge in [-0.1, -0.05) is 0 Å². The largest absolute Gasteiger partial charge is 0.485 e. The molecule has 0 saturated carbocycles. The third-order valence-electron chi connectivity index (χ3n) is 1.31. The summed E-state index contributed by atoms with van der Waals surface area (Å²) in [4.78, 5) is 0. The third kappa shape index (κ3) is 3.01. The Balaban J connectivity index is 2.90. The number of ether oxygens (including phenoxy) is 1. The summed E-state index contributed by atoms with van der Waals surface area (Å²) in [7, 11) is 0. The molecule has 0 aliphatic carbocycles. The standard InChI is InChI=1S/C10H12F2O/c1-10(2,3)13-9-5-4-7(11)6-8(9)12/h4-6H,1-3H3. The lowest BCUT2D eigenvalue weighted by molar-refractivity contribution is 0.124. The van der Waals surface area contributed by atoms with E-state index < -0.39 is 17.2 Å². The van der Waals surface area contributed by atoms with Gasteiger partial charge in [0.25, 0.3) is 0 Å². The summed E-state index contributed by atoms with van der Waals surface area (Å²) in [5.41, 5.74) is -0.474. The van der Waals surface area contributed by atoms with Crippen molar-refractivity contribution in [3.05, 3.63) is 29.8 Å². The average Bonchev–Trinajstić information content (AvgIpc) is 1.93. The van der Waals surface area contributed by atoms with Crippen molar-refractivity contribution in [1.82, 2.24) is 0 Å². The molecular weight excluding hydrogens is 174 g/mol. The molecule has 0 aromatic heterocycles. The van der Waals surface area contributed by atoms with E-state index in [0.717, 1.165) is 6.07 Å². The Labute approximate surface area is 76.3 Å². The Morgan fingerprint density at radius 2 is 1.77 bits per heavy atom. The first-order valence-electron chi connectivity index (χ1n) is 4.02. The maximum Gasteiger partial charge on any atom is 0.168 e. The first kappa shape index (κ1) is 9.96. The van der Waals surface area contributed by atoms with Crippen LogP contribution in [0.25, 0.3) is 0 Å². The summed E-state index contributed by atoms with van der Waals surface area (Å²) in [6.45, 7) is 5.40. The molecule has 1 rings (SSSR count). The fourth-order valence-corrected chi connectivity index (χ4v) is 0.888. The quantitative estimate of drug-likeness (QED) is 0.654. The normalized spacial score (nSPS) is 11.5. The molecule has 0 fully saturated rings. The van der Waals surface area contributed by atoms with Gasteiger partial charge >= 0.3 is 0 Å². The topological polar surface area (TPSA) is 9.23 Å². The molecule has 1 aromatic carbocycles. The van der Waals surface area contributed by atoms with Crippen molar-refractivity contribution in [3.63, 3.8) is 0 Å². The van der Waals surface area contributed by atoms with E-state index >= 15 is 0 Å². The van der Waals surface area contributed by atoms with Crippen LogP contribution in [0.2, 0.25) is 0 Å². The lowest BCUT2D eigenvalue weighted by atomic mass is 10.2. The van der Waals surface area contributed by atoms with Gasteiger partial charge in [-0.2, -0.15) is 0 Å². The van der Waals surface area contributed by atoms with Crippen molar-refractivity contribution >= 4 is 0 Å². The van der Waals surface area contributed by atoms with Crippen LogP contribution in [0.4, 0.5) is 8.78 Å². The Morgan fingerprint density at radius 3 is 2.23 bits per heavy atom. The molecule has 1 aromatic rings. The molecular formula is C10H12F2O. The van der Waals surface area contributed by atoms with Crippen LogP contribution in [0.1, 0.15) is 20.8 Å². The van der Waals surface area contributed by atoms with Crippen LogP contribution in [0.5, 0.6) is 5.75 Å². The summed E-state index contributed by atoms with van der Waals surface area (Å²) in [6.07, 6.45) is 0. The zero-order valence-electron chi connectivity index (χ0n) is 7.90. The van der Waals surface area contributed by atoms with Crippen molar-refractivity contribution < 1.29 is 13.5 Å². The predicted molar refractivity (Wildman–Crippen MR) is 46.7 cm³/mol. The average molecular weight is 186 g/mol. The van der Waals surface area contributed by atoms with Crippen LogP contribution in [0, 0.1) is 11.6 Å². The maximum atomic E-state index is 13.0. The fourth-order valence-electron chi connectivity index (χ4n) is 0.888. The summed E-state index contributed by atoms with van der Waals surface area (Å²) >= 11 is 0. The molecule has 72 valence electrons. The first-order valence-corrected chi connectivity index (χ1v) is 4.02. The van der Waals surface area contributed by atoms with Gasteiger partial charge < -0.3 is 4.74 Å². The summed E-state index contributed by atoms with van der Waals surface area (Å²) in [5.74, 6) is -1.19. The second-order valence-corrected chi connectivity index (χ2v) is 3.79. The highest BCUT2D eigenvalue weighted by atomic mass is 19.1. The summed E-state index contributed by atoms with van der Waals surface area (Å²) in [6, 6.07) is 3.27. The van der Waals surface area contributed by atoms with Gasteiger partial charge in [0.05, 0.1) is 0 Å². The third-order valence-corrected chi connectivity index (χ3v) is 1.31. The molecule has 3 heteroatoms. The van der Waals surface area contributed by atoms with Gasteiger partial charge in [0.1, 0.15) is 11.4 Å². The number of hydrogen-bond donors (Lipinski definition) is 0. The van der Waals surface area contributed by atoms with E-state index in [1.807, 2.05) is 0 Å². The molecule has 0 N–H and O–H groups in total. The number of benzene rings is 1. The lowest BCUT2D eigenvalue weighted by Gasteiger charge is -2.21. The highest BCUT2D eigenvalue weighted by Crippen LogP contribution is 2.22. The zero-order valence-corrected chi connectivity index (χ0v) is 7.90. The minimum absolute atomic E-state index is 0.0777. The van der Waals surface area contributed by atoms with E-state index in [-0.39, 0.29) is 5.75 Å². The molecule has 0 aliphatic rings. The van der Waals surface area contributed by atoms with E-state index in [2.05, 4.69) is 0 Å². The zero-order chi connectivity index (χ0) is 10.1. The van der Waals surface area contributed by atoms with Crippen LogP contribution < -0.4 is 4.74 Å². The van der Waals surface area contributed by atoms with Gasteiger partial charge in [-0.05, 0) is 32.9 Å². The van der Waals surface area contributed by atoms with E-state index in [1.165, 1.54) is 12.1 Å². The van der Waals surface area contributed by atoms with E-state index in [4.69, 9.17) is 4.74 Å². The molecule has 0 amide bonds. The Bertz CT molecular complexity index is 302. The fraction of sp³-hybridized carbons (Fsp3) is 0.400. The minimum atomic E-state index is -0.671. The molecule has 0 aliphatic heterocycles. The molecule has 0 heterocycles. The van der Waals surface area contributed by atoms with E-state index in [0.29, 0.717) is 0 Å². The predicted octanol–water partition coefficient (Wildman–Crippen LogP) is 3.14. The lowest BCUT2D eigenvalue weighted by Crippen LogP contribution is -2.23. The van der Waals surface area contributed by atoms with Gasteiger partial charge in [-0.3, -0.25) is 0 Å². The SMILES string of the molecule is CC(C)(C)Oc1ccc(F)cc1F. The maximum absolute atomic E-state index is 13.0. The van der Waals surface area contributed by atoms with Gasteiger partial charge in [0, 0.05) is 6.07 Å². The molecule has 0 spiro atoms. The van der Waals surface area contributed by atoms with Crippen LogP contribution in [-0.4, -0.2) is 5.60 Å². The van der Waals surface area contributed by atoms with Crippen LogP contribution >= 0.6 is 0 Å². The second kappa shape index (κ2) is 3.32. The molecule has 1 nitrogen and oxygen atoms in total. The molecule has 0 radical (unpaired) electrons.